The molecular weight excluding hydrogens is 340 g/mol. The molecule has 0 atom stereocenters. The molecule has 27 heavy (non-hydrogen) atoms. The van der Waals surface area contributed by atoms with E-state index >= 15 is 0 Å². The van der Waals surface area contributed by atoms with Crippen molar-refractivity contribution in [2.45, 2.75) is 71.8 Å². The lowest BCUT2D eigenvalue weighted by molar-refractivity contribution is 0.0187. The van der Waals surface area contributed by atoms with E-state index in [0.717, 1.165) is 51.5 Å². The van der Waals surface area contributed by atoms with Crippen LogP contribution >= 0.6 is 0 Å². The van der Waals surface area contributed by atoms with E-state index in [1.54, 1.807) is 0 Å². The average molecular weight is 379 g/mol. The number of hydrogen-bond acceptors (Lipinski definition) is 3. The highest BCUT2D eigenvalue weighted by Gasteiger charge is 2.43. The molecule has 6 heteroatoms. The van der Waals surface area contributed by atoms with Crippen LogP contribution in [0.15, 0.2) is 4.99 Å². The van der Waals surface area contributed by atoms with Crippen molar-refractivity contribution in [1.82, 2.24) is 15.1 Å². The number of piperidine rings is 1. The number of likely N-dealkylation sites (tertiary alicyclic amines) is 2. The van der Waals surface area contributed by atoms with Crippen LogP contribution in [-0.2, 0) is 4.74 Å². The predicted molar refractivity (Wildman–Crippen MR) is 109 cm³/mol. The van der Waals surface area contributed by atoms with E-state index in [0.29, 0.717) is 11.3 Å². The maximum atomic E-state index is 12.2. The van der Waals surface area contributed by atoms with Crippen LogP contribution in [0.2, 0.25) is 0 Å². The van der Waals surface area contributed by atoms with Gasteiger partial charge in [0.15, 0.2) is 5.96 Å². The minimum Gasteiger partial charge on any atom is -0.444 e. The van der Waals surface area contributed by atoms with E-state index in [1.165, 1.54) is 32.2 Å². The number of ether oxygens (including phenoxy) is 1. The average Bonchev–Trinajstić information content (AvgIpc) is 3.03. The number of nitrogens with zero attached hydrogens (tertiary/aromatic N) is 3. The van der Waals surface area contributed by atoms with Crippen LogP contribution < -0.4 is 5.32 Å². The first-order valence-electron chi connectivity index (χ1n) is 10.8. The van der Waals surface area contributed by atoms with E-state index in [1.807, 2.05) is 25.7 Å². The van der Waals surface area contributed by atoms with Gasteiger partial charge in [-0.25, -0.2) is 4.79 Å². The summed E-state index contributed by atoms with van der Waals surface area (Å²) in [6.45, 7) is 13.5. The highest BCUT2D eigenvalue weighted by Crippen LogP contribution is 2.47. The molecule has 0 aromatic rings. The van der Waals surface area contributed by atoms with Crippen LogP contribution in [0.3, 0.4) is 0 Å². The van der Waals surface area contributed by atoms with Crippen molar-refractivity contribution in [3.63, 3.8) is 0 Å². The Morgan fingerprint density at radius 2 is 1.85 bits per heavy atom. The molecule has 0 unspecified atom stereocenters. The zero-order chi connectivity index (χ0) is 19.5. The van der Waals surface area contributed by atoms with Gasteiger partial charge in [0.1, 0.15) is 5.60 Å². The van der Waals surface area contributed by atoms with Gasteiger partial charge in [-0.05, 0) is 71.1 Å². The molecule has 2 heterocycles. The lowest BCUT2D eigenvalue weighted by Crippen LogP contribution is -2.44. The number of amides is 1. The van der Waals surface area contributed by atoms with Crippen LogP contribution in [-0.4, -0.2) is 66.7 Å². The van der Waals surface area contributed by atoms with Gasteiger partial charge < -0.3 is 19.9 Å². The molecule has 2 aliphatic heterocycles. The molecule has 3 aliphatic rings. The molecule has 2 saturated heterocycles. The van der Waals surface area contributed by atoms with Gasteiger partial charge in [0.25, 0.3) is 0 Å². The molecule has 1 N–H and O–H groups in total. The quantitative estimate of drug-likeness (QED) is 0.603. The topological polar surface area (TPSA) is 57.2 Å². The molecule has 0 bridgehead atoms. The smallest absolute Gasteiger partial charge is 0.410 e. The minimum absolute atomic E-state index is 0.180. The summed E-state index contributed by atoms with van der Waals surface area (Å²) in [7, 11) is 0. The highest BCUT2D eigenvalue weighted by molar-refractivity contribution is 5.80. The summed E-state index contributed by atoms with van der Waals surface area (Å²) in [5.41, 5.74) is 0.168. The van der Waals surface area contributed by atoms with Gasteiger partial charge in [-0.2, -0.15) is 0 Å². The standard InChI is InChI=1S/C21H38N4O2/c1-5-22-18(25-14-11-21(16-25)9-6-10-21)23-15-17-7-12-24(13-8-17)19(26)27-20(2,3)4/h17H,5-16H2,1-4H3,(H,22,23). The molecular formula is C21H38N4O2. The molecule has 1 amide bonds. The highest BCUT2D eigenvalue weighted by atomic mass is 16.6. The first-order valence-corrected chi connectivity index (χ1v) is 10.8. The molecule has 6 nitrogen and oxygen atoms in total. The summed E-state index contributed by atoms with van der Waals surface area (Å²) in [5.74, 6) is 1.65. The van der Waals surface area contributed by atoms with Gasteiger partial charge >= 0.3 is 6.09 Å². The minimum atomic E-state index is -0.424. The number of rotatable bonds is 3. The molecule has 0 radical (unpaired) electrons. The Bertz CT molecular complexity index is 543. The Kier molecular flexibility index (Phi) is 6.21. The van der Waals surface area contributed by atoms with Crippen LogP contribution in [0.1, 0.15) is 66.2 Å². The summed E-state index contributed by atoms with van der Waals surface area (Å²) in [5, 5.41) is 3.49. The number of aliphatic imine (C=N–C) groups is 1. The van der Waals surface area contributed by atoms with Crippen LogP contribution in [0.25, 0.3) is 0 Å². The van der Waals surface area contributed by atoms with E-state index in [-0.39, 0.29) is 6.09 Å². The fourth-order valence-corrected chi connectivity index (χ4v) is 4.47. The second-order valence-electron chi connectivity index (χ2n) is 9.63. The zero-order valence-electron chi connectivity index (χ0n) is 17.7. The summed E-state index contributed by atoms with van der Waals surface area (Å²) in [4.78, 5) is 21.5. The van der Waals surface area contributed by atoms with Crippen LogP contribution in [0.5, 0.6) is 0 Å². The van der Waals surface area contributed by atoms with E-state index in [9.17, 15) is 4.79 Å². The third kappa shape index (κ3) is 5.29. The summed E-state index contributed by atoms with van der Waals surface area (Å²) >= 11 is 0. The molecule has 0 aromatic carbocycles. The predicted octanol–water partition coefficient (Wildman–Crippen LogP) is 3.48. The monoisotopic (exact) mass is 378 g/mol. The largest absolute Gasteiger partial charge is 0.444 e. The van der Waals surface area contributed by atoms with Gasteiger partial charge in [-0.15, -0.1) is 0 Å². The van der Waals surface area contributed by atoms with Crippen molar-refractivity contribution in [2.75, 3.05) is 39.3 Å². The van der Waals surface area contributed by atoms with E-state index in [2.05, 4.69) is 17.1 Å². The molecule has 1 saturated carbocycles. The van der Waals surface area contributed by atoms with Crippen molar-refractivity contribution < 1.29 is 9.53 Å². The van der Waals surface area contributed by atoms with Gasteiger partial charge in [-0.3, -0.25) is 4.99 Å². The Hall–Kier alpha value is -1.46. The van der Waals surface area contributed by atoms with Crippen molar-refractivity contribution in [3.8, 4) is 0 Å². The summed E-state index contributed by atoms with van der Waals surface area (Å²) in [6, 6.07) is 0. The molecule has 3 rings (SSSR count). The fraction of sp³-hybridized carbons (Fsp3) is 0.905. The SMILES string of the molecule is CCNC(=NCC1CCN(C(=O)OC(C)(C)C)CC1)N1CCC2(CCC2)C1. The molecule has 3 fully saturated rings. The maximum Gasteiger partial charge on any atom is 0.410 e. The Labute approximate surface area is 164 Å². The number of carbonyl (C=O) groups is 1. The van der Waals surface area contributed by atoms with Gasteiger partial charge in [0.2, 0.25) is 0 Å². The van der Waals surface area contributed by atoms with Crippen molar-refractivity contribution >= 4 is 12.1 Å². The van der Waals surface area contributed by atoms with Crippen LogP contribution in [0, 0.1) is 11.3 Å². The summed E-state index contributed by atoms with van der Waals surface area (Å²) in [6.07, 6.45) is 7.35. The maximum absolute atomic E-state index is 12.2. The van der Waals surface area contributed by atoms with Crippen molar-refractivity contribution in [2.24, 2.45) is 16.3 Å². The molecule has 1 spiro atoms. The Balaban J connectivity index is 1.47. The molecule has 1 aliphatic carbocycles. The number of carbonyl (C=O) groups excluding carboxylic acids is 1. The summed E-state index contributed by atoms with van der Waals surface area (Å²) < 4.78 is 5.49. The van der Waals surface area contributed by atoms with Crippen molar-refractivity contribution in [3.05, 3.63) is 0 Å². The molecule has 0 aromatic heterocycles. The van der Waals surface area contributed by atoms with E-state index < -0.39 is 5.60 Å². The van der Waals surface area contributed by atoms with E-state index in [4.69, 9.17) is 9.73 Å². The second-order valence-corrected chi connectivity index (χ2v) is 9.63. The van der Waals surface area contributed by atoms with Gasteiger partial charge in [-0.1, -0.05) is 6.42 Å². The Morgan fingerprint density at radius 3 is 2.37 bits per heavy atom. The van der Waals surface area contributed by atoms with Gasteiger partial charge in [0.05, 0.1) is 0 Å². The second kappa shape index (κ2) is 8.27. The lowest BCUT2D eigenvalue weighted by Gasteiger charge is -2.38. The Morgan fingerprint density at radius 1 is 1.15 bits per heavy atom. The number of guanidine groups is 1. The fourth-order valence-electron chi connectivity index (χ4n) is 4.47. The third-order valence-corrected chi connectivity index (χ3v) is 6.25. The first kappa shape index (κ1) is 20.3. The normalized spacial score (nSPS) is 23.5. The first-order chi connectivity index (χ1) is 12.8. The third-order valence-electron chi connectivity index (χ3n) is 6.25. The van der Waals surface area contributed by atoms with Crippen molar-refractivity contribution in [1.29, 1.82) is 0 Å². The lowest BCUT2D eigenvalue weighted by atomic mass is 9.68. The number of nitrogens with one attached hydrogen (secondary N) is 1. The molecule has 154 valence electrons. The zero-order valence-corrected chi connectivity index (χ0v) is 17.7. The van der Waals surface area contributed by atoms with Gasteiger partial charge in [0, 0.05) is 39.3 Å². The number of hydrogen-bond donors (Lipinski definition) is 1. The van der Waals surface area contributed by atoms with Crippen LogP contribution in [0.4, 0.5) is 4.79 Å².